The number of rotatable bonds is 5. The highest BCUT2D eigenvalue weighted by molar-refractivity contribution is 5.93. The maximum absolute atomic E-state index is 13.3. The molecule has 0 aliphatic carbocycles. The van der Waals surface area contributed by atoms with Gasteiger partial charge in [0.05, 0.1) is 0 Å². The molecular formula is C13H11F4NO3. The van der Waals surface area contributed by atoms with Gasteiger partial charge >= 0.3 is 12.1 Å². The van der Waals surface area contributed by atoms with E-state index in [9.17, 15) is 27.2 Å². The monoisotopic (exact) mass is 305 g/mol. The Bertz CT molecular complexity index is 555. The molecule has 0 aliphatic rings. The normalized spacial score (nSPS) is 11.6. The highest BCUT2D eigenvalue weighted by Gasteiger charge is 2.33. The van der Waals surface area contributed by atoms with E-state index >= 15 is 0 Å². The largest absolute Gasteiger partial charge is 0.480 e. The molecule has 8 heteroatoms. The molecule has 0 saturated heterocycles. The lowest BCUT2D eigenvalue weighted by molar-refractivity contribution is -0.163. The molecule has 0 aromatic heterocycles. The van der Waals surface area contributed by atoms with E-state index in [2.05, 4.69) is 0 Å². The molecule has 1 rings (SSSR count). The molecule has 0 atom stereocenters. The first-order chi connectivity index (χ1) is 9.69. The number of nitrogens with zero attached hydrogens (tertiary/aromatic N) is 1. The Morgan fingerprint density at radius 3 is 2.38 bits per heavy atom. The molecule has 1 aromatic rings. The molecule has 0 aliphatic heterocycles. The van der Waals surface area contributed by atoms with Crippen molar-refractivity contribution in [2.45, 2.75) is 6.18 Å². The van der Waals surface area contributed by atoms with Crippen LogP contribution in [0.15, 0.2) is 30.3 Å². The standard InChI is InChI=1S/C13H11F4NO3/c14-10-4-2-1-3-9(10)5-6-11(19)18(7-12(20)21)8-13(15,16)17/h1-6H,7-8H2,(H,20,21). The van der Waals surface area contributed by atoms with Gasteiger partial charge in [0.1, 0.15) is 18.9 Å². The van der Waals surface area contributed by atoms with Crippen LogP contribution in [0.25, 0.3) is 6.08 Å². The van der Waals surface area contributed by atoms with Gasteiger partial charge in [-0.25, -0.2) is 4.39 Å². The Morgan fingerprint density at radius 1 is 1.24 bits per heavy atom. The minimum Gasteiger partial charge on any atom is -0.480 e. The summed E-state index contributed by atoms with van der Waals surface area (Å²) in [4.78, 5) is 22.2. The number of amides is 1. The molecule has 0 unspecified atom stereocenters. The lowest BCUT2D eigenvalue weighted by Gasteiger charge is -2.20. The predicted molar refractivity (Wildman–Crippen MR) is 65.7 cm³/mol. The van der Waals surface area contributed by atoms with Crippen LogP contribution in [0.1, 0.15) is 5.56 Å². The van der Waals surface area contributed by atoms with E-state index < -0.39 is 37.0 Å². The summed E-state index contributed by atoms with van der Waals surface area (Å²) in [6.07, 6.45) is -3.03. The SMILES string of the molecule is O=C(O)CN(CC(F)(F)F)C(=O)C=Cc1ccccc1F. The van der Waals surface area contributed by atoms with Crippen LogP contribution in [0.5, 0.6) is 0 Å². The number of carbonyl (C=O) groups excluding carboxylic acids is 1. The smallest absolute Gasteiger partial charge is 0.406 e. The number of alkyl halides is 3. The van der Waals surface area contributed by atoms with Gasteiger partial charge in [0.25, 0.3) is 0 Å². The quantitative estimate of drug-likeness (QED) is 0.671. The zero-order valence-electron chi connectivity index (χ0n) is 10.6. The molecule has 0 bridgehead atoms. The van der Waals surface area contributed by atoms with E-state index in [1.807, 2.05) is 0 Å². The molecule has 1 N–H and O–H groups in total. The van der Waals surface area contributed by atoms with Crippen molar-refractivity contribution in [2.75, 3.05) is 13.1 Å². The van der Waals surface area contributed by atoms with E-state index in [-0.39, 0.29) is 10.5 Å². The van der Waals surface area contributed by atoms with Crippen molar-refractivity contribution < 1.29 is 32.3 Å². The van der Waals surface area contributed by atoms with Gasteiger partial charge in [0.15, 0.2) is 0 Å². The molecule has 21 heavy (non-hydrogen) atoms. The lowest BCUT2D eigenvalue weighted by atomic mass is 10.2. The van der Waals surface area contributed by atoms with Gasteiger partial charge < -0.3 is 10.0 Å². The Balaban J connectivity index is 2.85. The molecule has 0 spiro atoms. The molecule has 0 radical (unpaired) electrons. The van der Waals surface area contributed by atoms with Crippen LogP contribution in [-0.4, -0.2) is 41.1 Å². The van der Waals surface area contributed by atoms with Crippen molar-refractivity contribution in [3.63, 3.8) is 0 Å². The fourth-order valence-corrected chi connectivity index (χ4v) is 1.47. The van der Waals surface area contributed by atoms with Gasteiger partial charge in [-0.1, -0.05) is 18.2 Å². The minimum absolute atomic E-state index is 0.00753. The third-order valence-corrected chi connectivity index (χ3v) is 2.32. The second-order valence-electron chi connectivity index (χ2n) is 4.06. The second kappa shape index (κ2) is 6.87. The fourth-order valence-electron chi connectivity index (χ4n) is 1.47. The summed E-state index contributed by atoms with van der Waals surface area (Å²) in [6.45, 7) is -2.79. The van der Waals surface area contributed by atoms with Gasteiger partial charge in [-0.15, -0.1) is 0 Å². The summed E-state index contributed by atoms with van der Waals surface area (Å²) in [7, 11) is 0. The number of halogens is 4. The number of aliphatic carboxylic acids is 1. The van der Waals surface area contributed by atoms with Crippen molar-refractivity contribution in [1.82, 2.24) is 4.90 Å². The van der Waals surface area contributed by atoms with Crippen LogP contribution >= 0.6 is 0 Å². The van der Waals surface area contributed by atoms with E-state index in [4.69, 9.17) is 5.11 Å². The summed E-state index contributed by atoms with van der Waals surface area (Å²) in [5.74, 6) is -3.40. The molecule has 1 aromatic carbocycles. The lowest BCUT2D eigenvalue weighted by Crippen LogP contribution is -2.41. The molecule has 4 nitrogen and oxygen atoms in total. The van der Waals surface area contributed by atoms with Crippen molar-refractivity contribution in [3.05, 3.63) is 41.7 Å². The van der Waals surface area contributed by atoms with E-state index in [1.54, 1.807) is 0 Å². The highest BCUT2D eigenvalue weighted by Crippen LogP contribution is 2.17. The zero-order valence-corrected chi connectivity index (χ0v) is 10.6. The summed E-state index contributed by atoms with van der Waals surface area (Å²) < 4.78 is 50.1. The zero-order chi connectivity index (χ0) is 16.0. The first-order valence-electron chi connectivity index (χ1n) is 5.69. The van der Waals surface area contributed by atoms with Crippen molar-refractivity contribution in [1.29, 1.82) is 0 Å². The van der Waals surface area contributed by atoms with E-state index in [1.165, 1.54) is 18.2 Å². The highest BCUT2D eigenvalue weighted by atomic mass is 19.4. The molecule has 0 heterocycles. The van der Waals surface area contributed by atoms with Crippen LogP contribution in [0.2, 0.25) is 0 Å². The Morgan fingerprint density at radius 2 is 1.86 bits per heavy atom. The van der Waals surface area contributed by atoms with Gasteiger partial charge in [0, 0.05) is 11.6 Å². The van der Waals surface area contributed by atoms with Crippen LogP contribution in [0.3, 0.4) is 0 Å². The van der Waals surface area contributed by atoms with Gasteiger partial charge in [0.2, 0.25) is 5.91 Å². The summed E-state index contributed by atoms with van der Waals surface area (Å²) in [5, 5.41) is 8.51. The van der Waals surface area contributed by atoms with E-state index in [0.717, 1.165) is 12.1 Å². The van der Waals surface area contributed by atoms with Crippen LogP contribution in [-0.2, 0) is 9.59 Å². The predicted octanol–water partition coefficient (Wildman–Crippen LogP) is 2.31. The van der Waals surface area contributed by atoms with Gasteiger partial charge in [-0.2, -0.15) is 13.2 Å². The number of carboxylic acid groups (broad SMARTS) is 1. The third-order valence-electron chi connectivity index (χ3n) is 2.32. The van der Waals surface area contributed by atoms with Crippen LogP contribution in [0.4, 0.5) is 17.6 Å². The van der Waals surface area contributed by atoms with Crippen molar-refractivity contribution in [3.8, 4) is 0 Å². The fraction of sp³-hybridized carbons (Fsp3) is 0.231. The third kappa shape index (κ3) is 6.07. The minimum atomic E-state index is -4.73. The van der Waals surface area contributed by atoms with Gasteiger partial charge in [-0.3, -0.25) is 9.59 Å². The number of carbonyl (C=O) groups is 2. The summed E-state index contributed by atoms with van der Waals surface area (Å²) in [6, 6.07) is 5.34. The maximum Gasteiger partial charge on any atom is 0.406 e. The Hall–Kier alpha value is -2.38. The number of hydrogen-bond acceptors (Lipinski definition) is 2. The molecule has 114 valence electrons. The topological polar surface area (TPSA) is 57.6 Å². The van der Waals surface area contributed by atoms with Crippen LogP contribution < -0.4 is 0 Å². The van der Waals surface area contributed by atoms with Crippen LogP contribution in [0, 0.1) is 5.82 Å². The molecular weight excluding hydrogens is 294 g/mol. The first-order valence-corrected chi connectivity index (χ1v) is 5.69. The number of benzene rings is 1. The number of carboxylic acids is 1. The molecule has 0 fully saturated rings. The van der Waals surface area contributed by atoms with Crippen molar-refractivity contribution in [2.24, 2.45) is 0 Å². The summed E-state index contributed by atoms with van der Waals surface area (Å²) >= 11 is 0. The Kier molecular flexibility index (Phi) is 5.45. The first kappa shape index (κ1) is 16.7. The average Bonchev–Trinajstić information content (AvgIpc) is 2.34. The maximum atomic E-state index is 13.3. The molecule has 1 amide bonds. The summed E-state index contributed by atoms with van der Waals surface area (Å²) in [5.41, 5.74) is 0.00753. The van der Waals surface area contributed by atoms with Gasteiger partial charge in [-0.05, 0) is 12.1 Å². The second-order valence-corrected chi connectivity index (χ2v) is 4.06. The number of hydrogen-bond donors (Lipinski definition) is 1. The average molecular weight is 305 g/mol. The van der Waals surface area contributed by atoms with Crippen molar-refractivity contribution >= 4 is 18.0 Å². The Labute approximate surface area is 117 Å². The van der Waals surface area contributed by atoms with E-state index in [0.29, 0.717) is 6.08 Å². The molecule has 0 saturated carbocycles.